The van der Waals surface area contributed by atoms with Crippen LogP contribution in [-0.2, 0) is 0 Å². The number of aromatic nitrogens is 1. The van der Waals surface area contributed by atoms with Crippen LogP contribution in [0.4, 0.5) is 0 Å². The first-order chi connectivity index (χ1) is 11.7. The number of rotatable bonds is 6. The number of carbonyl (C=O) groups excluding carboxylic acids is 1. The van der Waals surface area contributed by atoms with Crippen LogP contribution in [0, 0.1) is 6.92 Å². The van der Waals surface area contributed by atoms with Gasteiger partial charge >= 0.3 is 0 Å². The molecule has 2 N–H and O–H groups in total. The second kappa shape index (κ2) is 8.37. The molecule has 1 fully saturated rings. The summed E-state index contributed by atoms with van der Waals surface area (Å²) in [5, 5.41) is 9.07. The van der Waals surface area contributed by atoms with Crippen LogP contribution in [0.15, 0.2) is 29.6 Å². The van der Waals surface area contributed by atoms with Gasteiger partial charge in [-0.25, -0.2) is 4.98 Å². The van der Waals surface area contributed by atoms with Crippen LogP contribution >= 0.6 is 11.3 Å². The highest BCUT2D eigenvalue weighted by molar-refractivity contribution is 7.13. The predicted octanol–water partition coefficient (Wildman–Crippen LogP) is 2.14. The van der Waals surface area contributed by atoms with Gasteiger partial charge in [-0.05, 0) is 25.5 Å². The van der Waals surface area contributed by atoms with E-state index < -0.39 is 0 Å². The molecule has 1 aromatic carbocycles. The van der Waals surface area contributed by atoms with Gasteiger partial charge < -0.3 is 15.5 Å². The van der Waals surface area contributed by atoms with Crippen molar-refractivity contribution < 1.29 is 4.79 Å². The van der Waals surface area contributed by atoms with Gasteiger partial charge in [0.2, 0.25) is 0 Å². The van der Waals surface area contributed by atoms with Crippen molar-refractivity contribution in [2.24, 2.45) is 0 Å². The van der Waals surface area contributed by atoms with E-state index in [1.165, 1.54) is 16.9 Å². The number of thiazole rings is 1. The second-order valence-corrected chi connectivity index (χ2v) is 6.91. The SMILES string of the molecule is Cc1ccccc1-c1nc(C(=O)NCCCN2CCNCC2)cs1. The van der Waals surface area contributed by atoms with E-state index in [2.05, 4.69) is 33.5 Å². The lowest BCUT2D eigenvalue weighted by Gasteiger charge is -2.26. The third kappa shape index (κ3) is 4.41. The van der Waals surface area contributed by atoms with Crippen LogP contribution in [0.2, 0.25) is 0 Å². The third-order valence-electron chi connectivity index (χ3n) is 4.26. The lowest BCUT2D eigenvalue weighted by atomic mass is 10.1. The zero-order chi connectivity index (χ0) is 16.8. The van der Waals surface area contributed by atoms with E-state index in [1.807, 2.05) is 23.6 Å². The van der Waals surface area contributed by atoms with E-state index in [1.54, 1.807) is 0 Å². The topological polar surface area (TPSA) is 57.3 Å². The van der Waals surface area contributed by atoms with Gasteiger partial charge in [-0.15, -0.1) is 11.3 Å². The van der Waals surface area contributed by atoms with E-state index in [9.17, 15) is 4.79 Å². The van der Waals surface area contributed by atoms with Crippen LogP contribution in [0.5, 0.6) is 0 Å². The Balaban J connectivity index is 1.48. The van der Waals surface area contributed by atoms with Crippen molar-refractivity contribution in [2.45, 2.75) is 13.3 Å². The highest BCUT2D eigenvalue weighted by Gasteiger charge is 2.13. The Bertz CT molecular complexity index is 679. The first kappa shape index (κ1) is 17.1. The summed E-state index contributed by atoms with van der Waals surface area (Å²) in [6, 6.07) is 8.12. The first-order valence-corrected chi connectivity index (χ1v) is 9.35. The first-order valence-electron chi connectivity index (χ1n) is 8.47. The summed E-state index contributed by atoms with van der Waals surface area (Å²) >= 11 is 1.52. The second-order valence-electron chi connectivity index (χ2n) is 6.05. The summed E-state index contributed by atoms with van der Waals surface area (Å²) in [4.78, 5) is 19.2. The van der Waals surface area contributed by atoms with Crippen molar-refractivity contribution >= 4 is 17.2 Å². The smallest absolute Gasteiger partial charge is 0.270 e. The Hall–Kier alpha value is -1.76. The van der Waals surface area contributed by atoms with Crippen LogP contribution < -0.4 is 10.6 Å². The Morgan fingerprint density at radius 2 is 2.12 bits per heavy atom. The largest absolute Gasteiger partial charge is 0.351 e. The molecule has 6 heteroatoms. The third-order valence-corrected chi connectivity index (χ3v) is 5.13. The number of nitrogens with one attached hydrogen (secondary N) is 2. The molecule has 1 aliphatic heterocycles. The number of amides is 1. The maximum Gasteiger partial charge on any atom is 0.270 e. The van der Waals surface area contributed by atoms with Crippen LogP contribution in [0.1, 0.15) is 22.5 Å². The Labute approximate surface area is 147 Å². The number of piperazine rings is 1. The molecule has 1 aliphatic rings. The highest BCUT2D eigenvalue weighted by atomic mass is 32.1. The predicted molar refractivity (Wildman–Crippen MR) is 98.5 cm³/mol. The normalized spacial score (nSPS) is 15.4. The number of aryl methyl sites for hydroxylation is 1. The number of carbonyl (C=O) groups is 1. The molecule has 2 aromatic rings. The van der Waals surface area contributed by atoms with Gasteiger partial charge in [-0.3, -0.25) is 4.79 Å². The number of hydrogen-bond acceptors (Lipinski definition) is 5. The van der Waals surface area contributed by atoms with Gasteiger partial charge in [0.15, 0.2) is 0 Å². The maximum absolute atomic E-state index is 12.2. The van der Waals surface area contributed by atoms with E-state index >= 15 is 0 Å². The molecule has 0 atom stereocenters. The molecule has 1 amide bonds. The molecule has 0 unspecified atom stereocenters. The number of nitrogens with zero attached hydrogens (tertiary/aromatic N) is 2. The van der Waals surface area contributed by atoms with Crippen LogP contribution in [-0.4, -0.2) is 55.1 Å². The van der Waals surface area contributed by atoms with Crippen molar-refractivity contribution in [1.29, 1.82) is 0 Å². The molecule has 0 spiro atoms. The van der Waals surface area contributed by atoms with Crippen molar-refractivity contribution in [2.75, 3.05) is 39.3 Å². The van der Waals surface area contributed by atoms with Gasteiger partial charge in [0.05, 0.1) is 0 Å². The molecule has 1 saturated heterocycles. The van der Waals surface area contributed by atoms with Crippen molar-refractivity contribution in [1.82, 2.24) is 20.5 Å². The fourth-order valence-electron chi connectivity index (χ4n) is 2.84. The van der Waals surface area contributed by atoms with Gasteiger partial charge in [0, 0.05) is 43.7 Å². The standard InChI is InChI=1S/C18H24N4OS/c1-14-5-2-3-6-15(14)18-21-16(13-24-18)17(23)20-7-4-10-22-11-8-19-9-12-22/h2-3,5-6,13,19H,4,7-12H2,1H3,(H,20,23). The molecule has 0 radical (unpaired) electrons. The van der Waals surface area contributed by atoms with E-state index in [-0.39, 0.29) is 5.91 Å². The summed E-state index contributed by atoms with van der Waals surface area (Å²) < 4.78 is 0. The highest BCUT2D eigenvalue weighted by Crippen LogP contribution is 2.26. The van der Waals surface area contributed by atoms with Gasteiger partial charge in [0.25, 0.3) is 5.91 Å². The van der Waals surface area contributed by atoms with E-state index in [4.69, 9.17) is 0 Å². The lowest BCUT2D eigenvalue weighted by Crippen LogP contribution is -2.44. The number of benzene rings is 1. The van der Waals surface area contributed by atoms with E-state index in [0.29, 0.717) is 12.2 Å². The zero-order valence-electron chi connectivity index (χ0n) is 14.0. The van der Waals surface area contributed by atoms with E-state index in [0.717, 1.165) is 49.7 Å². The minimum Gasteiger partial charge on any atom is -0.351 e. The summed E-state index contributed by atoms with van der Waals surface area (Å²) in [5.74, 6) is -0.0774. The minimum atomic E-state index is -0.0774. The molecule has 24 heavy (non-hydrogen) atoms. The van der Waals surface area contributed by atoms with Crippen LogP contribution in [0.3, 0.4) is 0 Å². The van der Waals surface area contributed by atoms with Gasteiger partial charge in [-0.1, -0.05) is 24.3 Å². The van der Waals surface area contributed by atoms with Crippen LogP contribution in [0.25, 0.3) is 10.6 Å². The quantitative estimate of drug-likeness (QED) is 0.789. The molecule has 1 aromatic heterocycles. The molecular formula is C18H24N4OS. The lowest BCUT2D eigenvalue weighted by molar-refractivity contribution is 0.0947. The molecular weight excluding hydrogens is 320 g/mol. The monoisotopic (exact) mass is 344 g/mol. The summed E-state index contributed by atoms with van der Waals surface area (Å²) in [7, 11) is 0. The molecule has 5 nitrogen and oxygen atoms in total. The summed E-state index contributed by atoms with van der Waals surface area (Å²) in [6.07, 6.45) is 0.973. The average Bonchev–Trinajstić information content (AvgIpc) is 3.10. The van der Waals surface area contributed by atoms with Crippen molar-refractivity contribution in [3.05, 3.63) is 40.9 Å². The molecule has 0 bridgehead atoms. The van der Waals surface area contributed by atoms with Crippen molar-refractivity contribution in [3.63, 3.8) is 0 Å². The molecule has 0 saturated carbocycles. The molecule has 0 aliphatic carbocycles. The minimum absolute atomic E-state index is 0.0774. The fraction of sp³-hybridized carbons (Fsp3) is 0.444. The fourth-order valence-corrected chi connectivity index (χ4v) is 3.73. The number of hydrogen-bond donors (Lipinski definition) is 2. The maximum atomic E-state index is 12.2. The summed E-state index contributed by atoms with van der Waals surface area (Å²) in [6.45, 7) is 8.11. The summed E-state index contributed by atoms with van der Waals surface area (Å²) in [5.41, 5.74) is 2.79. The molecule has 3 rings (SSSR count). The Morgan fingerprint density at radius 1 is 1.33 bits per heavy atom. The zero-order valence-corrected chi connectivity index (χ0v) is 14.9. The Kier molecular flexibility index (Phi) is 5.96. The van der Waals surface area contributed by atoms with Gasteiger partial charge in [0.1, 0.15) is 10.7 Å². The van der Waals surface area contributed by atoms with Gasteiger partial charge in [-0.2, -0.15) is 0 Å². The van der Waals surface area contributed by atoms with Crippen molar-refractivity contribution in [3.8, 4) is 10.6 Å². The molecule has 128 valence electrons. The Morgan fingerprint density at radius 3 is 2.92 bits per heavy atom. The average molecular weight is 344 g/mol. The molecule has 2 heterocycles.